The molecule has 4 nitrogen and oxygen atoms in total. The van der Waals surface area contributed by atoms with Crippen molar-refractivity contribution in [2.75, 3.05) is 19.8 Å². The Bertz CT molecular complexity index is 370. The van der Waals surface area contributed by atoms with E-state index in [4.69, 9.17) is 4.74 Å². The number of nitrogens with zero attached hydrogens (tertiary/aromatic N) is 1. The molecule has 0 bridgehead atoms. The minimum atomic E-state index is -0.0328. The third kappa shape index (κ3) is 3.37. The lowest BCUT2D eigenvalue weighted by Gasteiger charge is -2.16. The maximum absolute atomic E-state index is 11.6. The van der Waals surface area contributed by atoms with E-state index >= 15 is 0 Å². The first kappa shape index (κ1) is 11.8. The highest BCUT2D eigenvalue weighted by Gasteiger charge is 2.16. The van der Waals surface area contributed by atoms with Crippen LogP contribution in [0.25, 0.3) is 0 Å². The number of benzene rings is 1. The highest BCUT2D eigenvalue weighted by atomic mass is 16.5. The average Bonchev–Trinajstić information content (AvgIpc) is 2.85. The zero-order valence-corrected chi connectivity index (χ0v) is 10.1. The lowest BCUT2D eigenvalue weighted by molar-refractivity contribution is 0.194. The van der Waals surface area contributed by atoms with Gasteiger partial charge in [0, 0.05) is 13.1 Å². The number of carbonyl (C=O) groups excluding carboxylic acids is 1. The second-order valence-electron chi connectivity index (χ2n) is 4.28. The number of hydrogen-bond acceptors (Lipinski definition) is 2. The Morgan fingerprint density at radius 3 is 2.59 bits per heavy atom. The number of hydrogen-bond donors (Lipinski definition) is 1. The van der Waals surface area contributed by atoms with Crippen LogP contribution in [0.2, 0.25) is 0 Å². The third-order valence-corrected chi connectivity index (χ3v) is 2.88. The van der Waals surface area contributed by atoms with Crippen molar-refractivity contribution in [1.82, 2.24) is 10.2 Å². The Balaban J connectivity index is 1.72. The topological polar surface area (TPSA) is 41.6 Å². The Hall–Kier alpha value is -1.71. The molecule has 1 aliphatic rings. The summed E-state index contributed by atoms with van der Waals surface area (Å²) in [7, 11) is 0. The molecule has 1 saturated heterocycles. The van der Waals surface area contributed by atoms with Gasteiger partial charge in [-0.25, -0.2) is 4.79 Å². The van der Waals surface area contributed by atoms with E-state index in [1.54, 1.807) is 0 Å². The summed E-state index contributed by atoms with van der Waals surface area (Å²) in [6.45, 7) is 3.96. The van der Waals surface area contributed by atoms with Crippen LogP contribution in [0.1, 0.15) is 18.4 Å². The van der Waals surface area contributed by atoms with E-state index in [0.717, 1.165) is 31.7 Å². The predicted octanol–water partition coefficient (Wildman–Crippen LogP) is 2.14. The molecule has 1 aromatic rings. The number of ether oxygens (including phenoxy) is 1. The molecule has 0 atom stereocenters. The molecule has 2 amide bonds. The summed E-state index contributed by atoms with van der Waals surface area (Å²) in [5.41, 5.74) is 1.19. The second kappa shape index (κ2) is 5.57. The van der Waals surface area contributed by atoms with Crippen molar-refractivity contribution < 1.29 is 9.53 Å². The Kier molecular flexibility index (Phi) is 3.85. The number of amides is 2. The van der Waals surface area contributed by atoms with Crippen LogP contribution in [0.5, 0.6) is 5.75 Å². The van der Waals surface area contributed by atoms with Gasteiger partial charge in [0.25, 0.3) is 0 Å². The molecule has 1 N–H and O–H groups in total. The van der Waals surface area contributed by atoms with E-state index in [0.29, 0.717) is 0 Å². The van der Waals surface area contributed by atoms with Gasteiger partial charge in [0.1, 0.15) is 5.75 Å². The summed E-state index contributed by atoms with van der Waals surface area (Å²) in [5.74, 6) is 0.775. The smallest absolute Gasteiger partial charge is 0.320 e. The average molecular weight is 234 g/mol. The van der Waals surface area contributed by atoms with E-state index in [2.05, 4.69) is 5.32 Å². The fourth-order valence-corrected chi connectivity index (χ4v) is 1.85. The van der Waals surface area contributed by atoms with Gasteiger partial charge in [0.05, 0.1) is 0 Å². The first-order valence-electron chi connectivity index (χ1n) is 5.98. The van der Waals surface area contributed by atoms with Crippen molar-refractivity contribution in [3.05, 3.63) is 29.8 Å². The molecule has 92 valence electrons. The molecule has 0 radical (unpaired) electrons. The largest absolute Gasteiger partial charge is 0.473 e. The molecule has 0 aromatic heterocycles. The fourth-order valence-electron chi connectivity index (χ4n) is 1.85. The second-order valence-corrected chi connectivity index (χ2v) is 4.28. The van der Waals surface area contributed by atoms with Crippen LogP contribution >= 0.6 is 0 Å². The van der Waals surface area contributed by atoms with E-state index in [1.807, 2.05) is 36.1 Å². The van der Waals surface area contributed by atoms with Crippen LogP contribution in [0.3, 0.4) is 0 Å². The summed E-state index contributed by atoms with van der Waals surface area (Å²) >= 11 is 0. The molecule has 1 heterocycles. The van der Waals surface area contributed by atoms with Gasteiger partial charge in [-0.2, -0.15) is 0 Å². The molecule has 4 heteroatoms. The van der Waals surface area contributed by atoms with Crippen molar-refractivity contribution in [3.8, 4) is 5.75 Å². The minimum Gasteiger partial charge on any atom is -0.473 e. The van der Waals surface area contributed by atoms with Crippen molar-refractivity contribution in [3.63, 3.8) is 0 Å². The molecule has 0 unspecified atom stereocenters. The highest BCUT2D eigenvalue weighted by molar-refractivity contribution is 5.74. The van der Waals surface area contributed by atoms with Gasteiger partial charge in [0.15, 0.2) is 6.73 Å². The maximum atomic E-state index is 11.6. The number of rotatable bonds is 3. The van der Waals surface area contributed by atoms with Crippen molar-refractivity contribution in [1.29, 1.82) is 0 Å². The predicted molar refractivity (Wildman–Crippen MR) is 66.0 cm³/mol. The lowest BCUT2D eigenvalue weighted by Crippen LogP contribution is -2.39. The number of aryl methyl sites for hydroxylation is 1. The molecule has 0 spiro atoms. The van der Waals surface area contributed by atoms with Crippen molar-refractivity contribution in [2.45, 2.75) is 19.8 Å². The summed E-state index contributed by atoms with van der Waals surface area (Å²) in [5, 5.41) is 2.75. The van der Waals surface area contributed by atoms with Crippen LogP contribution in [0, 0.1) is 6.92 Å². The third-order valence-electron chi connectivity index (χ3n) is 2.88. The van der Waals surface area contributed by atoms with Gasteiger partial charge in [-0.3, -0.25) is 0 Å². The molecule has 17 heavy (non-hydrogen) atoms. The quantitative estimate of drug-likeness (QED) is 0.814. The lowest BCUT2D eigenvalue weighted by atomic mass is 10.2. The standard InChI is InChI=1S/C13H18N2O2/c1-11-4-6-12(7-5-11)17-10-14-13(16)15-8-2-3-9-15/h4-7H,2-3,8-10H2,1H3,(H,14,16). The zero-order chi connectivity index (χ0) is 12.1. The van der Waals surface area contributed by atoms with Crippen LogP contribution < -0.4 is 10.1 Å². The van der Waals surface area contributed by atoms with Crippen LogP contribution in [-0.2, 0) is 0 Å². The molecule has 2 rings (SSSR count). The van der Waals surface area contributed by atoms with Gasteiger partial charge >= 0.3 is 6.03 Å². The highest BCUT2D eigenvalue weighted by Crippen LogP contribution is 2.11. The molecular weight excluding hydrogens is 216 g/mol. The Labute approximate surface area is 102 Å². The molecule has 0 aliphatic carbocycles. The van der Waals surface area contributed by atoms with Gasteiger partial charge in [-0.15, -0.1) is 0 Å². The first-order valence-corrected chi connectivity index (χ1v) is 5.98. The van der Waals surface area contributed by atoms with Crippen LogP contribution in [0.15, 0.2) is 24.3 Å². The number of nitrogens with one attached hydrogen (secondary N) is 1. The van der Waals surface area contributed by atoms with E-state index in [1.165, 1.54) is 5.56 Å². The number of likely N-dealkylation sites (tertiary alicyclic amines) is 1. The molecule has 1 fully saturated rings. The van der Waals surface area contributed by atoms with Crippen LogP contribution in [0.4, 0.5) is 4.79 Å². The SMILES string of the molecule is Cc1ccc(OCNC(=O)N2CCCC2)cc1. The van der Waals surface area contributed by atoms with Gasteiger partial charge in [-0.1, -0.05) is 17.7 Å². The zero-order valence-electron chi connectivity index (χ0n) is 10.1. The van der Waals surface area contributed by atoms with E-state index in [9.17, 15) is 4.79 Å². The van der Waals surface area contributed by atoms with E-state index < -0.39 is 0 Å². The Morgan fingerprint density at radius 1 is 1.29 bits per heavy atom. The minimum absolute atomic E-state index is 0.0328. The fraction of sp³-hybridized carbons (Fsp3) is 0.462. The van der Waals surface area contributed by atoms with Gasteiger partial charge < -0.3 is 15.0 Å². The number of carbonyl (C=O) groups is 1. The normalized spacial score (nSPS) is 14.8. The Morgan fingerprint density at radius 2 is 1.94 bits per heavy atom. The monoisotopic (exact) mass is 234 g/mol. The maximum Gasteiger partial charge on any atom is 0.320 e. The summed E-state index contributed by atoms with van der Waals surface area (Å²) < 4.78 is 5.43. The molecule has 1 aliphatic heterocycles. The number of urea groups is 1. The summed E-state index contributed by atoms with van der Waals surface area (Å²) in [4.78, 5) is 13.4. The van der Waals surface area contributed by atoms with Crippen molar-refractivity contribution in [2.24, 2.45) is 0 Å². The summed E-state index contributed by atoms with van der Waals surface area (Å²) in [6, 6.07) is 7.74. The van der Waals surface area contributed by atoms with Gasteiger partial charge in [0.2, 0.25) is 0 Å². The summed E-state index contributed by atoms with van der Waals surface area (Å²) in [6.07, 6.45) is 2.21. The molecule has 0 saturated carbocycles. The van der Waals surface area contributed by atoms with Gasteiger partial charge in [-0.05, 0) is 31.9 Å². The van der Waals surface area contributed by atoms with E-state index in [-0.39, 0.29) is 12.8 Å². The van der Waals surface area contributed by atoms with Crippen LogP contribution in [-0.4, -0.2) is 30.8 Å². The first-order chi connectivity index (χ1) is 8.25. The van der Waals surface area contributed by atoms with Crippen molar-refractivity contribution >= 4 is 6.03 Å². The molecule has 1 aromatic carbocycles. The molecular formula is C13H18N2O2.